The van der Waals surface area contributed by atoms with Crippen molar-refractivity contribution < 1.29 is 28.2 Å². The van der Waals surface area contributed by atoms with Gasteiger partial charge in [0, 0.05) is 50.6 Å². The number of methoxy groups -OCH3 is 1. The van der Waals surface area contributed by atoms with E-state index in [1.807, 2.05) is 0 Å². The van der Waals surface area contributed by atoms with Gasteiger partial charge < -0.3 is 14.6 Å². The van der Waals surface area contributed by atoms with Crippen LogP contribution in [-0.2, 0) is 16.1 Å². The zero-order valence-corrected chi connectivity index (χ0v) is 20.2. The molecule has 1 aliphatic rings. The topological polar surface area (TPSA) is 84.8 Å². The summed E-state index contributed by atoms with van der Waals surface area (Å²) in [5.41, 5.74) is -0.538. The molecule has 0 aromatic carbocycles. The van der Waals surface area contributed by atoms with Gasteiger partial charge in [0.1, 0.15) is 5.01 Å². The molecule has 3 heterocycles. The summed E-state index contributed by atoms with van der Waals surface area (Å²) in [7, 11) is 1.58. The number of thiazole rings is 1. The second-order valence-electron chi connectivity index (χ2n) is 9.63. The number of carboxylic acids is 1. The first kappa shape index (κ1) is 25.5. The summed E-state index contributed by atoms with van der Waals surface area (Å²) in [6.07, 6.45) is 4.14. The van der Waals surface area contributed by atoms with Crippen LogP contribution in [0.4, 0.5) is 8.78 Å². The Labute approximate surface area is 196 Å². The summed E-state index contributed by atoms with van der Waals surface area (Å²) in [5.74, 6) is -0.771. The molecule has 1 fully saturated rings. The lowest BCUT2D eigenvalue weighted by Gasteiger charge is -2.48. The quantitative estimate of drug-likeness (QED) is 0.549. The van der Waals surface area contributed by atoms with Crippen LogP contribution >= 0.6 is 11.3 Å². The third kappa shape index (κ3) is 6.24. The monoisotopic (exact) mass is 483 g/mol. The van der Waals surface area contributed by atoms with Crippen molar-refractivity contribution >= 4 is 17.3 Å². The summed E-state index contributed by atoms with van der Waals surface area (Å²) in [5, 5.41) is 10.7. The van der Waals surface area contributed by atoms with E-state index in [0.29, 0.717) is 43.1 Å². The Morgan fingerprint density at radius 1 is 1.39 bits per heavy atom. The van der Waals surface area contributed by atoms with Crippen molar-refractivity contribution in [3.8, 4) is 16.5 Å². The van der Waals surface area contributed by atoms with Gasteiger partial charge in [-0.25, -0.2) is 9.97 Å². The van der Waals surface area contributed by atoms with Crippen LogP contribution in [0.2, 0.25) is 0 Å². The third-order valence-electron chi connectivity index (χ3n) is 6.24. The van der Waals surface area contributed by atoms with Gasteiger partial charge in [-0.2, -0.15) is 8.78 Å². The van der Waals surface area contributed by atoms with Crippen LogP contribution in [0.25, 0.3) is 10.6 Å². The number of pyridine rings is 1. The maximum Gasteiger partial charge on any atom is 0.388 e. The first-order valence-corrected chi connectivity index (χ1v) is 11.7. The average Bonchev–Trinajstić information content (AvgIpc) is 3.19. The maximum absolute atomic E-state index is 12.7. The highest BCUT2D eigenvalue weighted by Gasteiger charge is 2.48. The Morgan fingerprint density at radius 3 is 2.79 bits per heavy atom. The van der Waals surface area contributed by atoms with Crippen LogP contribution in [0, 0.1) is 16.7 Å². The van der Waals surface area contributed by atoms with Gasteiger partial charge in [0.05, 0.1) is 11.0 Å². The van der Waals surface area contributed by atoms with E-state index in [1.165, 1.54) is 17.5 Å². The van der Waals surface area contributed by atoms with Gasteiger partial charge in [0.15, 0.2) is 0 Å². The van der Waals surface area contributed by atoms with Gasteiger partial charge in [-0.1, -0.05) is 20.8 Å². The van der Waals surface area contributed by atoms with Crippen molar-refractivity contribution in [3.05, 3.63) is 29.4 Å². The normalized spacial score (nSPS) is 22.0. The molecule has 1 aliphatic heterocycles. The van der Waals surface area contributed by atoms with Crippen molar-refractivity contribution in [2.24, 2.45) is 16.7 Å². The first-order chi connectivity index (χ1) is 15.5. The Balaban J connectivity index is 1.84. The molecule has 1 N–H and O–H groups in total. The Hall–Kier alpha value is -2.17. The van der Waals surface area contributed by atoms with Gasteiger partial charge >= 0.3 is 12.6 Å². The molecule has 0 amide bonds. The third-order valence-corrected chi connectivity index (χ3v) is 7.26. The van der Waals surface area contributed by atoms with Crippen LogP contribution in [0.15, 0.2) is 24.5 Å². The van der Waals surface area contributed by atoms with E-state index < -0.39 is 18.0 Å². The predicted octanol–water partition coefficient (Wildman–Crippen LogP) is 4.78. The molecule has 2 atom stereocenters. The molecule has 1 saturated heterocycles. The Bertz CT molecular complexity index is 950. The smallest absolute Gasteiger partial charge is 0.388 e. The number of carbonyl (C=O) groups is 1. The van der Waals surface area contributed by atoms with Crippen LogP contribution in [-0.4, -0.2) is 59.4 Å². The van der Waals surface area contributed by atoms with E-state index in [1.54, 1.807) is 25.4 Å². The minimum absolute atomic E-state index is 0.0531. The number of carboxylic acid groups (broad SMARTS) is 1. The van der Waals surface area contributed by atoms with Crippen LogP contribution in [0.1, 0.15) is 38.5 Å². The molecule has 0 radical (unpaired) electrons. The summed E-state index contributed by atoms with van der Waals surface area (Å²) >= 11 is 1.37. The summed E-state index contributed by atoms with van der Waals surface area (Å²) in [6, 6.07) is 3.29. The van der Waals surface area contributed by atoms with Crippen LogP contribution < -0.4 is 4.74 Å². The lowest BCUT2D eigenvalue weighted by atomic mass is 9.66. The van der Waals surface area contributed by atoms with Gasteiger partial charge in [-0.05, 0) is 36.3 Å². The van der Waals surface area contributed by atoms with E-state index >= 15 is 0 Å². The molecular weight excluding hydrogens is 452 g/mol. The second kappa shape index (κ2) is 10.4. The van der Waals surface area contributed by atoms with Crippen molar-refractivity contribution in [2.75, 3.05) is 26.8 Å². The minimum atomic E-state index is -2.97. The molecule has 2 aromatic heterocycles. The molecular formula is C23H31F2N3O4S. The second-order valence-corrected chi connectivity index (χ2v) is 10.7. The number of alkyl halides is 2. The number of likely N-dealkylation sites (tertiary alicyclic amines) is 1. The molecule has 3 rings (SSSR count). The average molecular weight is 484 g/mol. The molecule has 0 bridgehead atoms. The highest BCUT2D eigenvalue weighted by Crippen LogP contribution is 2.44. The van der Waals surface area contributed by atoms with Crippen LogP contribution in [0.5, 0.6) is 5.88 Å². The largest absolute Gasteiger partial charge is 0.481 e. The van der Waals surface area contributed by atoms with E-state index in [-0.39, 0.29) is 17.2 Å². The van der Waals surface area contributed by atoms with Crippen LogP contribution in [0.3, 0.4) is 0 Å². The van der Waals surface area contributed by atoms with Gasteiger partial charge in [-0.15, -0.1) is 11.3 Å². The minimum Gasteiger partial charge on any atom is -0.481 e. The summed E-state index contributed by atoms with van der Waals surface area (Å²) in [6.45, 7) is 5.54. The molecule has 10 heteroatoms. The van der Waals surface area contributed by atoms with Crippen molar-refractivity contribution in [2.45, 2.75) is 46.8 Å². The number of nitrogens with zero attached hydrogens (tertiary/aromatic N) is 3. The standard InChI is InChI=1S/C23H31F2N3O4S/c1-22(2,3)15-10-23(20(29)30,7-9-31-4)14-28(12-15)13-16-11-27-19(33-16)17-6-5-8-26-18(17)32-21(24)25/h5-6,8,11,15,21H,7,9-10,12-14H2,1-4H3,(H,29,30)/t15-,23-/m1/s1. The van der Waals surface area contributed by atoms with E-state index in [2.05, 4.69) is 40.4 Å². The number of halogens is 2. The first-order valence-electron chi connectivity index (χ1n) is 10.8. The molecule has 7 nitrogen and oxygen atoms in total. The fraction of sp³-hybridized carbons (Fsp3) is 0.609. The highest BCUT2D eigenvalue weighted by molar-refractivity contribution is 7.15. The Kier molecular flexibility index (Phi) is 8.02. The molecule has 0 aliphatic carbocycles. The summed E-state index contributed by atoms with van der Waals surface area (Å²) in [4.78, 5) is 23.8. The molecule has 182 valence electrons. The van der Waals surface area contributed by atoms with Gasteiger partial charge in [0.2, 0.25) is 5.88 Å². The molecule has 2 aromatic rings. The molecule has 0 saturated carbocycles. The van der Waals surface area contributed by atoms with Crippen molar-refractivity contribution in [1.82, 2.24) is 14.9 Å². The number of hydrogen-bond donors (Lipinski definition) is 1. The number of piperidine rings is 1. The van der Waals surface area contributed by atoms with Crippen molar-refractivity contribution in [1.29, 1.82) is 0 Å². The number of aliphatic carboxylic acids is 1. The van der Waals surface area contributed by atoms with E-state index in [0.717, 1.165) is 11.4 Å². The fourth-order valence-corrected chi connectivity index (χ4v) is 5.27. The lowest BCUT2D eigenvalue weighted by Crippen LogP contribution is -2.53. The zero-order chi connectivity index (χ0) is 24.2. The predicted molar refractivity (Wildman–Crippen MR) is 121 cm³/mol. The summed E-state index contributed by atoms with van der Waals surface area (Å²) < 4.78 is 35.3. The highest BCUT2D eigenvalue weighted by atomic mass is 32.1. The molecule has 0 unspecified atom stereocenters. The van der Waals surface area contributed by atoms with Gasteiger partial charge in [0.25, 0.3) is 0 Å². The number of ether oxygens (including phenoxy) is 2. The lowest BCUT2D eigenvalue weighted by molar-refractivity contribution is -0.157. The molecule has 33 heavy (non-hydrogen) atoms. The fourth-order valence-electron chi connectivity index (χ4n) is 4.30. The number of rotatable bonds is 9. The number of hydrogen-bond acceptors (Lipinski definition) is 7. The molecule has 0 spiro atoms. The maximum atomic E-state index is 12.7. The van der Waals surface area contributed by atoms with Crippen molar-refractivity contribution in [3.63, 3.8) is 0 Å². The van der Waals surface area contributed by atoms with E-state index in [4.69, 9.17) is 4.74 Å². The van der Waals surface area contributed by atoms with Gasteiger partial charge in [-0.3, -0.25) is 9.69 Å². The zero-order valence-electron chi connectivity index (χ0n) is 19.4. The van der Waals surface area contributed by atoms with E-state index in [9.17, 15) is 18.7 Å². The Morgan fingerprint density at radius 2 is 2.15 bits per heavy atom. The number of aromatic nitrogens is 2. The SMILES string of the molecule is COCC[C@@]1(C(=O)O)C[C@@H](C(C)(C)C)CN(Cc2cnc(-c3cccnc3OC(F)F)s2)C1.